The second-order valence-electron chi connectivity index (χ2n) is 6.07. The van der Waals surface area contributed by atoms with Gasteiger partial charge in [0.15, 0.2) is 0 Å². The average Bonchev–Trinajstić information content (AvgIpc) is 3.00. The van der Waals surface area contributed by atoms with Crippen LogP contribution in [0, 0.1) is 13.8 Å². The third-order valence-electron chi connectivity index (χ3n) is 4.24. The molecule has 3 aromatic heterocycles. The number of nitrogens with one attached hydrogen (secondary N) is 2. The average molecular weight is 367 g/mol. The van der Waals surface area contributed by atoms with Crippen LogP contribution in [0.1, 0.15) is 21.7 Å². The Kier molecular flexibility index (Phi) is 5.30. The molecular formula is C18H21N7O2. The number of carbonyl (C=O) groups is 1. The maximum absolute atomic E-state index is 12.1. The van der Waals surface area contributed by atoms with Crippen molar-refractivity contribution in [3.63, 3.8) is 0 Å². The number of hydrogen-bond donors (Lipinski definition) is 2. The molecule has 0 aliphatic heterocycles. The number of aryl methyl sites for hydroxylation is 2. The molecule has 0 aromatic carbocycles. The van der Waals surface area contributed by atoms with Gasteiger partial charge in [-0.25, -0.2) is 15.0 Å². The van der Waals surface area contributed by atoms with E-state index < -0.39 is 5.91 Å². The van der Waals surface area contributed by atoms with Gasteiger partial charge in [0.05, 0.1) is 5.69 Å². The first-order chi connectivity index (χ1) is 13.0. The molecule has 9 nitrogen and oxygen atoms in total. The standard InChI is InChI=1S/C18H21N7O2/c1-12-13(2)25(11-23-12)16-9-15(21-10-22-16)19-6-7-20-17(26)14-5-4-8-24(3)18(14)27/h4-5,8-11H,6-7H2,1-3H3,(H,20,26)(H,19,21,22). The maximum Gasteiger partial charge on any atom is 0.263 e. The number of nitrogens with zero attached hydrogens (tertiary/aromatic N) is 5. The number of pyridine rings is 1. The van der Waals surface area contributed by atoms with Crippen LogP contribution in [-0.4, -0.2) is 43.1 Å². The second-order valence-corrected chi connectivity index (χ2v) is 6.07. The van der Waals surface area contributed by atoms with Crippen molar-refractivity contribution < 1.29 is 4.79 Å². The number of imidazole rings is 1. The fourth-order valence-electron chi connectivity index (χ4n) is 2.54. The molecule has 0 fully saturated rings. The molecule has 0 atom stereocenters. The molecule has 0 saturated heterocycles. The van der Waals surface area contributed by atoms with Crippen LogP contribution in [0.5, 0.6) is 0 Å². The van der Waals surface area contributed by atoms with E-state index in [-0.39, 0.29) is 11.1 Å². The summed E-state index contributed by atoms with van der Waals surface area (Å²) in [6.07, 6.45) is 4.80. The van der Waals surface area contributed by atoms with E-state index in [9.17, 15) is 9.59 Å². The van der Waals surface area contributed by atoms with E-state index in [1.54, 1.807) is 25.6 Å². The summed E-state index contributed by atoms with van der Waals surface area (Å²) in [5.74, 6) is 0.948. The summed E-state index contributed by atoms with van der Waals surface area (Å²) < 4.78 is 3.25. The minimum Gasteiger partial charge on any atom is -0.368 e. The summed E-state index contributed by atoms with van der Waals surface area (Å²) in [5.41, 5.74) is 1.75. The van der Waals surface area contributed by atoms with Gasteiger partial charge in [0.1, 0.15) is 29.9 Å². The molecule has 0 spiro atoms. The lowest BCUT2D eigenvalue weighted by Gasteiger charge is -2.09. The molecular weight excluding hydrogens is 346 g/mol. The zero-order valence-corrected chi connectivity index (χ0v) is 15.4. The Hall–Kier alpha value is -3.49. The van der Waals surface area contributed by atoms with Gasteiger partial charge in [0.2, 0.25) is 0 Å². The molecule has 0 unspecified atom stereocenters. The minimum absolute atomic E-state index is 0.121. The van der Waals surface area contributed by atoms with Crippen molar-refractivity contribution in [2.24, 2.45) is 7.05 Å². The molecule has 9 heteroatoms. The van der Waals surface area contributed by atoms with Gasteiger partial charge in [0, 0.05) is 38.1 Å². The van der Waals surface area contributed by atoms with Crippen LogP contribution >= 0.6 is 0 Å². The Balaban J connectivity index is 1.57. The minimum atomic E-state index is -0.397. The summed E-state index contributed by atoms with van der Waals surface area (Å²) >= 11 is 0. The Labute approximate surface area is 156 Å². The van der Waals surface area contributed by atoms with E-state index in [1.165, 1.54) is 17.0 Å². The third-order valence-corrected chi connectivity index (χ3v) is 4.24. The molecule has 3 heterocycles. The lowest BCUT2D eigenvalue weighted by molar-refractivity contribution is 0.0953. The number of carbonyl (C=O) groups excluding carboxylic acids is 1. The Morgan fingerprint density at radius 3 is 2.74 bits per heavy atom. The number of aromatic nitrogens is 5. The van der Waals surface area contributed by atoms with E-state index >= 15 is 0 Å². The normalized spacial score (nSPS) is 10.6. The molecule has 140 valence electrons. The molecule has 0 bridgehead atoms. The van der Waals surface area contributed by atoms with Gasteiger partial charge in [-0.3, -0.25) is 14.2 Å². The highest BCUT2D eigenvalue weighted by Gasteiger charge is 2.10. The van der Waals surface area contributed by atoms with E-state index in [0.29, 0.717) is 24.7 Å². The van der Waals surface area contributed by atoms with Crippen molar-refractivity contribution >= 4 is 11.7 Å². The first kappa shape index (κ1) is 18.3. The second kappa shape index (κ2) is 7.81. The topological polar surface area (TPSA) is 107 Å². The quantitative estimate of drug-likeness (QED) is 0.625. The predicted molar refractivity (Wildman–Crippen MR) is 101 cm³/mol. The smallest absolute Gasteiger partial charge is 0.263 e. The maximum atomic E-state index is 12.1. The van der Waals surface area contributed by atoms with Crippen LogP contribution in [0.2, 0.25) is 0 Å². The van der Waals surface area contributed by atoms with E-state index in [2.05, 4.69) is 25.6 Å². The lowest BCUT2D eigenvalue weighted by Crippen LogP contribution is -2.34. The van der Waals surface area contributed by atoms with Gasteiger partial charge in [0.25, 0.3) is 11.5 Å². The van der Waals surface area contributed by atoms with E-state index in [1.807, 2.05) is 24.5 Å². The molecule has 0 aliphatic rings. The van der Waals surface area contributed by atoms with Gasteiger partial charge in [-0.2, -0.15) is 0 Å². The summed E-state index contributed by atoms with van der Waals surface area (Å²) in [6.45, 7) is 4.71. The summed E-state index contributed by atoms with van der Waals surface area (Å²) in [4.78, 5) is 36.8. The van der Waals surface area contributed by atoms with Crippen molar-refractivity contribution in [1.29, 1.82) is 0 Å². The molecule has 3 rings (SSSR count). The van der Waals surface area contributed by atoms with Gasteiger partial charge in [-0.15, -0.1) is 0 Å². The third kappa shape index (κ3) is 4.02. The molecule has 1 amide bonds. The van der Waals surface area contributed by atoms with Crippen molar-refractivity contribution in [2.45, 2.75) is 13.8 Å². The molecule has 0 radical (unpaired) electrons. The summed E-state index contributed by atoms with van der Waals surface area (Å²) in [7, 11) is 1.61. The Morgan fingerprint density at radius 1 is 1.19 bits per heavy atom. The zero-order valence-electron chi connectivity index (χ0n) is 15.4. The number of rotatable bonds is 6. The first-order valence-corrected chi connectivity index (χ1v) is 8.48. The Morgan fingerprint density at radius 2 is 2.00 bits per heavy atom. The number of amides is 1. The summed E-state index contributed by atoms with van der Waals surface area (Å²) in [6, 6.07) is 4.98. The fraction of sp³-hybridized carbons (Fsp3) is 0.278. The van der Waals surface area contributed by atoms with Crippen LogP contribution in [0.3, 0.4) is 0 Å². The van der Waals surface area contributed by atoms with Crippen LogP contribution in [-0.2, 0) is 7.05 Å². The largest absolute Gasteiger partial charge is 0.368 e. The fourth-order valence-corrected chi connectivity index (χ4v) is 2.54. The van der Waals surface area contributed by atoms with Gasteiger partial charge in [-0.1, -0.05) is 0 Å². The predicted octanol–water partition coefficient (Wildman–Crippen LogP) is 0.820. The van der Waals surface area contributed by atoms with Gasteiger partial charge >= 0.3 is 0 Å². The van der Waals surface area contributed by atoms with Gasteiger partial charge < -0.3 is 15.2 Å². The molecule has 3 aromatic rings. The molecule has 0 saturated carbocycles. The zero-order chi connectivity index (χ0) is 19.4. The van der Waals surface area contributed by atoms with Crippen LogP contribution in [0.15, 0.2) is 41.8 Å². The highest BCUT2D eigenvalue weighted by molar-refractivity contribution is 5.93. The van der Waals surface area contributed by atoms with Crippen molar-refractivity contribution in [3.8, 4) is 5.82 Å². The number of anilines is 1. The first-order valence-electron chi connectivity index (χ1n) is 8.48. The molecule has 27 heavy (non-hydrogen) atoms. The van der Waals surface area contributed by atoms with Gasteiger partial charge in [-0.05, 0) is 26.0 Å². The van der Waals surface area contributed by atoms with E-state index in [4.69, 9.17) is 0 Å². The van der Waals surface area contributed by atoms with Crippen molar-refractivity contribution in [1.82, 2.24) is 29.4 Å². The number of hydrogen-bond acceptors (Lipinski definition) is 6. The SMILES string of the molecule is Cc1ncn(-c2cc(NCCNC(=O)c3cccn(C)c3=O)ncn2)c1C. The van der Waals surface area contributed by atoms with E-state index in [0.717, 1.165) is 11.4 Å². The van der Waals surface area contributed by atoms with Crippen LogP contribution < -0.4 is 16.2 Å². The Bertz CT molecular complexity index is 1020. The van der Waals surface area contributed by atoms with Crippen molar-refractivity contribution in [2.75, 3.05) is 18.4 Å². The highest BCUT2D eigenvalue weighted by atomic mass is 16.2. The van der Waals surface area contributed by atoms with Crippen LogP contribution in [0.4, 0.5) is 5.82 Å². The summed E-state index contributed by atoms with van der Waals surface area (Å²) in [5, 5.41) is 5.85. The van der Waals surface area contributed by atoms with Crippen molar-refractivity contribution in [3.05, 3.63) is 64.4 Å². The lowest BCUT2D eigenvalue weighted by atomic mass is 10.2. The highest BCUT2D eigenvalue weighted by Crippen LogP contribution is 2.13. The molecule has 2 N–H and O–H groups in total. The monoisotopic (exact) mass is 367 g/mol. The van der Waals surface area contributed by atoms with Crippen LogP contribution in [0.25, 0.3) is 5.82 Å². The molecule has 0 aliphatic carbocycles.